The number of halogens is 1. The SMILES string of the molecule is Cc1nnc(-c2c[nH]c(=O)[nH]c2=O)cc1Cl. The van der Waals surface area contributed by atoms with Gasteiger partial charge in [0.05, 0.1) is 16.3 Å². The first-order valence-corrected chi connectivity index (χ1v) is 4.78. The number of H-pyrrole nitrogens is 2. The Bertz CT molecular complexity index is 646. The summed E-state index contributed by atoms with van der Waals surface area (Å²) in [5.74, 6) is 0. The van der Waals surface area contributed by atoms with Crippen LogP contribution in [0.2, 0.25) is 5.02 Å². The zero-order valence-electron chi connectivity index (χ0n) is 8.24. The van der Waals surface area contributed by atoms with Crippen LogP contribution in [0, 0.1) is 6.92 Å². The largest absolute Gasteiger partial charge is 0.325 e. The summed E-state index contributed by atoms with van der Waals surface area (Å²) in [7, 11) is 0. The molecule has 2 heterocycles. The van der Waals surface area contributed by atoms with Crippen molar-refractivity contribution in [3.63, 3.8) is 0 Å². The molecule has 6 nitrogen and oxygen atoms in total. The zero-order chi connectivity index (χ0) is 11.7. The van der Waals surface area contributed by atoms with Gasteiger partial charge < -0.3 is 4.98 Å². The van der Waals surface area contributed by atoms with Crippen molar-refractivity contribution >= 4 is 11.6 Å². The van der Waals surface area contributed by atoms with Gasteiger partial charge in [-0.3, -0.25) is 9.78 Å². The van der Waals surface area contributed by atoms with E-state index in [0.29, 0.717) is 16.4 Å². The highest BCUT2D eigenvalue weighted by Gasteiger charge is 2.08. The van der Waals surface area contributed by atoms with Gasteiger partial charge in [0.2, 0.25) is 0 Å². The van der Waals surface area contributed by atoms with E-state index >= 15 is 0 Å². The number of aromatic amines is 2. The fraction of sp³-hybridized carbons (Fsp3) is 0.111. The van der Waals surface area contributed by atoms with E-state index in [-0.39, 0.29) is 5.56 Å². The van der Waals surface area contributed by atoms with Gasteiger partial charge in [-0.25, -0.2) is 4.79 Å². The van der Waals surface area contributed by atoms with Crippen molar-refractivity contribution in [3.8, 4) is 11.3 Å². The molecule has 0 aliphatic heterocycles. The summed E-state index contributed by atoms with van der Waals surface area (Å²) in [5, 5.41) is 8.03. The summed E-state index contributed by atoms with van der Waals surface area (Å²) in [5.41, 5.74) is 0.00579. The van der Waals surface area contributed by atoms with Gasteiger partial charge >= 0.3 is 5.69 Å². The Hall–Kier alpha value is -1.95. The Labute approximate surface area is 94.3 Å². The summed E-state index contributed by atoms with van der Waals surface area (Å²) in [4.78, 5) is 26.7. The highest BCUT2D eigenvalue weighted by molar-refractivity contribution is 6.31. The first kappa shape index (κ1) is 10.6. The minimum Gasteiger partial charge on any atom is -0.313 e. The second-order valence-electron chi connectivity index (χ2n) is 3.15. The van der Waals surface area contributed by atoms with Crippen molar-refractivity contribution in [2.45, 2.75) is 6.92 Å². The van der Waals surface area contributed by atoms with Gasteiger partial charge in [0.1, 0.15) is 5.69 Å². The van der Waals surface area contributed by atoms with Crippen LogP contribution in [0.4, 0.5) is 0 Å². The molecule has 16 heavy (non-hydrogen) atoms. The molecule has 0 aliphatic rings. The highest BCUT2D eigenvalue weighted by Crippen LogP contribution is 2.17. The molecule has 0 aromatic carbocycles. The van der Waals surface area contributed by atoms with E-state index in [9.17, 15) is 9.59 Å². The van der Waals surface area contributed by atoms with Gasteiger partial charge in [0.25, 0.3) is 5.56 Å². The topological polar surface area (TPSA) is 91.5 Å². The average Bonchev–Trinajstić information content (AvgIpc) is 2.22. The van der Waals surface area contributed by atoms with Gasteiger partial charge in [-0.05, 0) is 13.0 Å². The Balaban J connectivity index is 2.63. The molecule has 2 aromatic rings. The van der Waals surface area contributed by atoms with E-state index in [1.54, 1.807) is 6.92 Å². The van der Waals surface area contributed by atoms with Crippen LogP contribution in [0.15, 0.2) is 21.9 Å². The van der Waals surface area contributed by atoms with Crippen LogP contribution in [0.5, 0.6) is 0 Å². The number of aromatic nitrogens is 4. The Morgan fingerprint density at radius 3 is 2.69 bits per heavy atom. The molecule has 2 rings (SSSR count). The lowest BCUT2D eigenvalue weighted by atomic mass is 10.2. The van der Waals surface area contributed by atoms with E-state index in [0.717, 1.165) is 0 Å². The van der Waals surface area contributed by atoms with Crippen LogP contribution in [0.3, 0.4) is 0 Å². The van der Waals surface area contributed by atoms with Gasteiger partial charge in [-0.15, -0.1) is 5.10 Å². The number of nitrogens with zero attached hydrogens (tertiary/aromatic N) is 2. The summed E-state index contributed by atoms with van der Waals surface area (Å²) >= 11 is 5.86. The second kappa shape index (κ2) is 3.90. The molecule has 0 aliphatic carbocycles. The van der Waals surface area contributed by atoms with E-state index in [1.807, 2.05) is 0 Å². The molecule has 0 saturated heterocycles. The maximum Gasteiger partial charge on any atom is 0.325 e. The first-order chi connectivity index (χ1) is 7.58. The summed E-state index contributed by atoms with van der Waals surface area (Å²) in [6, 6.07) is 1.52. The molecule has 0 bridgehead atoms. The Morgan fingerprint density at radius 2 is 2.06 bits per heavy atom. The van der Waals surface area contributed by atoms with Gasteiger partial charge in [0.15, 0.2) is 0 Å². The Morgan fingerprint density at radius 1 is 1.31 bits per heavy atom. The maximum absolute atomic E-state index is 11.5. The lowest BCUT2D eigenvalue weighted by Crippen LogP contribution is -2.22. The van der Waals surface area contributed by atoms with Crippen molar-refractivity contribution in [3.05, 3.63) is 43.8 Å². The number of hydrogen-bond acceptors (Lipinski definition) is 4. The normalized spacial score (nSPS) is 10.4. The predicted octanol–water partition coefficient (Wildman–Crippen LogP) is 0.482. The third kappa shape index (κ3) is 1.87. The smallest absolute Gasteiger partial charge is 0.313 e. The third-order valence-electron chi connectivity index (χ3n) is 2.01. The zero-order valence-corrected chi connectivity index (χ0v) is 9.00. The molecule has 2 N–H and O–H groups in total. The number of nitrogens with one attached hydrogen (secondary N) is 2. The number of hydrogen-bond donors (Lipinski definition) is 2. The lowest BCUT2D eigenvalue weighted by molar-refractivity contribution is 0.972. The quantitative estimate of drug-likeness (QED) is 0.756. The van der Waals surface area contributed by atoms with Crippen molar-refractivity contribution in [1.82, 2.24) is 20.2 Å². The molecule has 0 amide bonds. The minimum atomic E-state index is -0.570. The van der Waals surface area contributed by atoms with Crippen molar-refractivity contribution < 1.29 is 0 Å². The average molecular weight is 239 g/mol. The predicted molar refractivity (Wildman–Crippen MR) is 58.5 cm³/mol. The number of aryl methyl sites for hydroxylation is 1. The molecule has 0 unspecified atom stereocenters. The monoisotopic (exact) mass is 238 g/mol. The summed E-state index contributed by atoms with van der Waals surface area (Å²) < 4.78 is 0. The minimum absolute atomic E-state index is 0.217. The maximum atomic E-state index is 11.5. The van der Waals surface area contributed by atoms with Crippen LogP contribution in [0.25, 0.3) is 11.3 Å². The van der Waals surface area contributed by atoms with Gasteiger partial charge in [-0.1, -0.05) is 11.6 Å². The van der Waals surface area contributed by atoms with E-state index in [1.165, 1.54) is 12.3 Å². The van der Waals surface area contributed by atoms with Gasteiger partial charge in [0, 0.05) is 6.20 Å². The first-order valence-electron chi connectivity index (χ1n) is 4.40. The van der Waals surface area contributed by atoms with Crippen LogP contribution in [0.1, 0.15) is 5.69 Å². The third-order valence-corrected chi connectivity index (χ3v) is 2.39. The molecular weight excluding hydrogens is 232 g/mol. The highest BCUT2D eigenvalue weighted by atomic mass is 35.5. The lowest BCUT2D eigenvalue weighted by Gasteiger charge is -2.00. The molecule has 0 fully saturated rings. The van der Waals surface area contributed by atoms with Crippen molar-refractivity contribution in [2.75, 3.05) is 0 Å². The molecule has 7 heteroatoms. The summed E-state index contributed by atoms with van der Waals surface area (Å²) in [6.07, 6.45) is 1.27. The van der Waals surface area contributed by atoms with Crippen LogP contribution in [-0.4, -0.2) is 20.2 Å². The fourth-order valence-corrected chi connectivity index (χ4v) is 1.30. The Kier molecular flexibility index (Phi) is 2.57. The van der Waals surface area contributed by atoms with Gasteiger partial charge in [-0.2, -0.15) is 5.10 Å². The summed E-state index contributed by atoms with van der Waals surface area (Å²) in [6.45, 7) is 1.70. The van der Waals surface area contributed by atoms with E-state index in [4.69, 9.17) is 11.6 Å². The second-order valence-corrected chi connectivity index (χ2v) is 3.56. The molecule has 82 valence electrons. The molecule has 2 aromatic heterocycles. The molecule has 0 atom stereocenters. The molecule has 0 saturated carbocycles. The van der Waals surface area contributed by atoms with Crippen LogP contribution in [-0.2, 0) is 0 Å². The molecule has 0 radical (unpaired) electrons. The van der Waals surface area contributed by atoms with Crippen LogP contribution < -0.4 is 11.2 Å². The molecular formula is C9H7ClN4O2. The standard InChI is InChI=1S/C9H7ClN4O2/c1-4-6(10)2-7(14-13-4)5-3-11-9(16)12-8(5)15/h2-3H,1H3,(H2,11,12,15,16). The van der Waals surface area contributed by atoms with E-state index in [2.05, 4.69) is 20.2 Å². The fourth-order valence-electron chi connectivity index (χ4n) is 1.16. The molecule has 0 spiro atoms. The number of rotatable bonds is 1. The van der Waals surface area contributed by atoms with Crippen molar-refractivity contribution in [2.24, 2.45) is 0 Å². The van der Waals surface area contributed by atoms with Crippen molar-refractivity contribution in [1.29, 1.82) is 0 Å². The van der Waals surface area contributed by atoms with Crippen LogP contribution >= 0.6 is 11.6 Å². The van der Waals surface area contributed by atoms with E-state index < -0.39 is 11.2 Å².